The maximum Gasteiger partial charge on any atom is 0.346 e. The fraction of sp³-hybridized carbons (Fsp3) is 0.263. The lowest BCUT2D eigenvalue weighted by molar-refractivity contribution is -0.384. The van der Waals surface area contributed by atoms with E-state index in [1.807, 2.05) is 0 Å². The number of esters is 1. The van der Waals surface area contributed by atoms with Gasteiger partial charge in [0.25, 0.3) is 11.6 Å². The number of nitrogens with zero attached hydrogens (tertiary/aromatic N) is 1. The number of non-ortho nitro benzene ring substituents is 1. The molecule has 10 nitrogen and oxygen atoms in total. The second-order valence-corrected chi connectivity index (χ2v) is 5.72. The largest absolute Gasteiger partial charge is 0.496 e. The molecule has 0 heterocycles. The van der Waals surface area contributed by atoms with Crippen LogP contribution in [0.2, 0.25) is 0 Å². The summed E-state index contributed by atoms with van der Waals surface area (Å²) >= 11 is 0. The van der Waals surface area contributed by atoms with E-state index in [0.29, 0.717) is 0 Å². The highest BCUT2D eigenvalue weighted by Crippen LogP contribution is 2.31. The molecule has 0 bridgehead atoms. The number of hydrogen-bond acceptors (Lipinski definition) is 8. The molecule has 29 heavy (non-hydrogen) atoms. The van der Waals surface area contributed by atoms with Crippen molar-refractivity contribution in [3.8, 4) is 17.2 Å². The first-order valence-electron chi connectivity index (χ1n) is 8.37. The lowest BCUT2D eigenvalue weighted by Gasteiger charge is -2.17. The second-order valence-electron chi connectivity index (χ2n) is 5.72. The van der Waals surface area contributed by atoms with Crippen molar-refractivity contribution in [2.45, 2.75) is 13.0 Å². The van der Waals surface area contributed by atoms with Crippen molar-refractivity contribution in [3.05, 3.63) is 52.1 Å². The van der Waals surface area contributed by atoms with Gasteiger partial charge in [-0.25, -0.2) is 4.79 Å². The molecule has 0 saturated carbocycles. The number of nitro benzene ring substituents is 1. The molecule has 2 rings (SSSR count). The van der Waals surface area contributed by atoms with E-state index in [1.165, 1.54) is 46.5 Å². The van der Waals surface area contributed by atoms with E-state index in [2.05, 4.69) is 5.32 Å². The fourth-order valence-electron chi connectivity index (χ4n) is 2.46. The summed E-state index contributed by atoms with van der Waals surface area (Å²) in [5.74, 6) is -0.896. The molecule has 1 amide bonds. The quantitative estimate of drug-likeness (QED) is 0.404. The van der Waals surface area contributed by atoms with Gasteiger partial charge in [0.15, 0.2) is 6.10 Å². The minimum Gasteiger partial charge on any atom is -0.496 e. The highest BCUT2D eigenvalue weighted by atomic mass is 16.6. The Bertz CT molecular complexity index is 906. The average Bonchev–Trinajstić information content (AvgIpc) is 2.72. The van der Waals surface area contributed by atoms with Gasteiger partial charge in [-0.2, -0.15) is 0 Å². The van der Waals surface area contributed by atoms with E-state index >= 15 is 0 Å². The van der Waals surface area contributed by atoms with Crippen LogP contribution in [-0.4, -0.2) is 44.2 Å². The molecule has 0 aliphatic heterocycles. The normalized spacial score (nSPS) is 11.2. The van der Waals surface area contributed by atoms with E-state index < -0.39 is 22.9 Å². The monoisotopic (exact) mass is 404 g/mol. The van der Waals surface area contributed by atoms with Crippen molar-refractivity contribution >= 4 is 23.3 Å². The number of amides is 1. The first-order valence-corrected chi connectivity index (χ1v) is 8.37. The average molecular weight is 404 g/mol. The molecule has 0 aromatic heterocycles. The first kappa shape index (κ1) is 21.5. The molecular weight excluding hydrogens is 384 g/mol. The summed E-state index contributed by atoms with van der Waals surface area (Å²) in [6.45, 7) is 1.38. The Morgan fingerprint density at radius 2 is 1.59 bits per heavy atom. The van der Waals surface area contributed by atoms with Crippen LogP contribution in [0, 0.1) is 10.1 Å². The molecule has 1 N–H and O–H groups in total. The lowest BCUT2D eigenvalue weighted by atomic mass is 10.1. The van der Waals surface area contributed by atoms with Crippen LogP contribution in [0.5, 0.6) is 17.2 Å². The molecule has 10 heteroatoms. The number of carbonyl (C=O) groups is 2. The first-order chi connectivity index (χ1) is 13.8. The Morgan fingerprint density at radius 3 is 2.10 bits per heavy atom. The van der Waals surface area contributed by atoms with E-state index in [9.17, 15) is 19.7 Å². The summed E-state index contributed by atoms with van der Waals surface area (Å²) in [7, 11) is 4.09. The summed E-state index contributed by atoms with van der Waals surface area (Å²) < 4.78 is 20.6. The van der Waals surface area contributed by atoms with Crippen LogP contribution >= 0.6 is 0 Å². The third-order valence-corrected chi connectivity index (χ3v) is 3.94. The molecule has 0 radical (unpaired) electrons. The minimum atomic E-state index is -1.18. The molecule has 2 aromatic carbocycles. The van der Waals surface area contributed by atoms with Crippen molar-refractivity contribution in [2.24, 2.45) is 0 Å². The van der Waals surface area contributed by atoms with Crippen molar-refractivity contribution in [2.75, 3.05) is 26.6 Å². The van der Waals surface area contributed by atoms with Gasteiger partial charge in [0.1, 0.15) is 22.8 Å². The summed E-state index contributed by atoms with van der Waals surface area (Å²) in [6.07, 6.45) is -1.18. The van der Waals surface area contributed by atoms with Crippen LogP contribution < -0.4 is 19.5 Å². The van der Waals surface area contributed by atoms with Crippen LogP contribution in [0.1, 0.15) is 17.3 Å². The zero-order chi connectivity index (χ0) is 21.6. The van der Waals surface area contributed by atoms with Gasteiger partial charge in [-0.1, -0.05) is 6.07 Å². The Kier molecular flexibility index (Phi) is 6.96. The van der Waals surface area contributed by atoms with Gasteiger partial charge in [-0.05, 0) is 25.1 Å². The number of benzene rings is 2. The number of ether oxygens (including phenoxy) is 4. The van der Waals surface area contributed by atoms with Crippen molar-refractivity contribution in [3.63, 3.8) is 0 Å². The van der Waals surface area contributed by atoms with Gasteiger partial charge < -0.3 is 24.3 Å². The summed E-state index contributed by atoms with van der Waals surface area (Å²) in [5, 5.41) is 13.4. The maximum atomic E-state index is 12.6. The third kappa shape index (κ3) is 4.92. The van der Waals surface area contributed by atoms with Gasteiger partial charge >= 0.3 is 5.97 Å². The standard InChI is InChI=1S/C19H20N2O8/c1-11(29-19(23)17-14(26-2)6-5-7-15(17)27-3)18(22)20-13-9-8-12(21(24)25)10-16(13)28-4/h5-11H,1-4H3,(H,20,22)/t11-/m1/s1. The van der Waals surface area contributed by atoms with E-state index in [0.717, 1.165) is 0 Å². The van der Waals surface area contributed by atoms with Crippen LogP contribution in [0.25, 0.3) is 0 Å². The predicted octanol–water partition coefficient (Wildman–Crippen LogP) is 2.80. The number of anilines is 1. The number of hydrogen-bond donors (Lipinski definition) is 1. The molecule has 2 aromatic rings. The zero-order valence-electron chi connectivity index (χ0n) is 16.3. The molecule has 0 aliphatic carbocycles. The molecule has 154 valence electrons. The van der Waals surface area contributed by atoms with Crippen LogP contribution in [0.3, 0.4) is 0 Å². The molecule has 0 unspecified atom stereocenters. The predicted molar refractivity (Wildman–Crippen MR) is 103 cm³/mol. The van der Waals surface area contributed by atoms with Crippen molar-refractivity contribution < 1.29 is 33.5 Å². The smallest absolute Gasteiger partial charge is 0.346 e. The zero-order valence-corrected chi connectivity index (χ0v) is 16.3. The minimum absolute atomic E-state index is 0.0464. The van der Waals surface area contributed by atoms with Crippen LogP contribution in [-0.2, 0) is 9.53 Å². The SMILES string of the molecule is COc1cc([N+](=O)[O-])ccc1NC(=O)[C@@H](C)OC(=O)c1c(OC)cccc1OC. The summed E-state index contributed by atoms with van der Waals surface area (Å²) in [4.78, 5) is 35.3. The maximum absolute atomic E-state index is 12.6. The summed E-state index contributed by atoms with van der Waals surface area (Å²) in [5.41, 5.74) is 0.0496. The van der Waals surface area contributed by atoms with Crippen molar-refractivity contribution in [1.29, 1.82) is 0 Å². The molecule has 0 fully saturated rings. The van der Waals surface area contributed by atoms with Gasteiger partial charge in [-0.15, -0.1) is 0 Å². The lowest BCUT2D eigenvalue weighted by Crippen LogP contribution is -2.30. The molecular formula is C19H20N2O8. The number of nitrogens with one attached hydrogen (secondary N) is 1. The van der Waals surface area contributed by atoms with E-state index in [-0.39, 0.29) is 34.2 Å². The fourth-order valence-corrected chi connectivity index (χ4v) is 2.46. The van der Waals surface area contributed by atoms with E-state index in [4.69, 9.17) is 18.9 Å². The number of methoxy groups -OCH3 is 3. The highest BCUT2D eigenvalue weighted by molar-refractivity contribution is 6.00. The Balaban J connectivity index is 2.16. The number of rotatable bonds is 8. The summed E-state index contributed by atoms with van der Waals surface area (Å²) in [6, 6.07) is 8.48. The van der Waals surface area contributed by atoms with Gasteiger partial charge in [-0.3, -0.25) is 14.9 Å². The molecule has 0 aliphatic rings. The van der Waals surface area contributed by atoms with Gasteiger partial charge in [0.2, 0.25) is 0 Å². The van der Waals surface area contributed by atoms with Gasteiger partial charge in [0.05, 0.1) is 38.0 Å². The van der Waals surface area contributed by atoms with E-state index in [1.54, 1.807) is 18.2 Å². The Hall–Kier alpha value is -3.82. The highest BCUT2D eigenvalue weighted by Gasteiger charge is 2.25. The number of nitro groups is 1. The van der Waals surface area contributed by atoms with Crippen molar-refractivity contribution in [1.82, 2.24) is 0 Å². The molecule has 1 atom stereocenters. The molecule has 0 spiro atoms. The Morgan fingerprint density at radius 1 is 1.00 bits per heavy atom. The second kappa shape index (κ2) is 9.40. The Labute approximate surface area is 166 Å². The topological polar surface area (TPSA) is 126 Å². The molecule has 0 saturated heterocycles. The van der Waals surface area contributed by atoms with Gasteiger partial charge in [0, 0.05) is 6.07 Å². The van der Waals surface area contributed by atoms with Crippen LogP contribution in [0.15, 0.2) is 36.4 Å². The number of carbonyl (C=O) groups excluding carboxylic acids is 2. The third-order valence-electron chi connectivity index (χ3n) is 3.94. The van der Waals surface area contributed by atoms with Crippen LogP contribution in [0.4, 0.5) is 11.4 Å².